The smallest absolute Gasteiger partial charge is 0.258 e. The van der Waals surface area contributed by atoms with Gasteiger partial charge in [-0.05, 0) is 43.7 Å². The van der Waals surface area contributed by atoms with E-state index in [-0.39, 0.29) is 34.4 Å². The summed E-state index contributed by atoms with van der Waals surface area (Å²) in [6.07, 6.45) is 2.00. The number of aliphatic hydroxyl groups is 1. The molecule has 1 unspecified atom stereocenters. The van der Waals surface area contributed by atoms with Gasteiger partial charge >= 0.3 is 0 Å². The molecule has 1 aromatic carbocycles. The van der Waals surface area contributed by atoms with Crippen LogP contribution >= 0.6 is 11.6 Å². The molecule has 2 bridgehead atoms. The Morgan fingerprint density at radius 3 is 2.73 bits per heavy atom. The summed E-state index contributed by atoms with van der Waals surface area (Å²) in [7, 11) is 0. The van der Waals surface area contributed by atoms with E-state index in [1.807, 2.05) is 0 Å². The number of amides is 1. The number of hydrogen-bond acceptors (Lipinski definition) is 6. The van der Waals surface area contributed by atoms with Gasteiger partial charge in [-0.3, -0.25) is 10.1 Å². The lowest BCUT2D eigenvalue weighted by atomic mass is 9.44. The van der Waals surface area contributed by atoms with Gasteiger partial charge in [-0.1, -0.05) is 30.6 Å². The zero-order valence-electron chi connectivity index (χ0n) is 16.9. The van der Waals surface area contributed by atoms with E-state index < -0.39 is 12.0 Å². The summed E-state index contributed by atoms with van der Waals surface area (Å²) in [4.78, 5) is 12.2. The number of ether oxygens (including phenoxy) is 1. The van der Waals surface area contributed by atoms with Crippen LogP contribution < -0.4 is 15.4 Å². The number of carbonyl (C=O) groups excluding carboxylic acids is 1. The summed E-state index contributed by atoms with van der Waals surface area (Å²) in [5, 5.41) is 20.6. The van der Waals surface area contributed by atoms with Crippen molar-refractivity contribution in [1.29, 1.82) is 0 Å². The Morgan fingerprint density at radius 2 is 2.07 bits per heavy atom. The maximum atomic E-state index is 13.4. The van der Waals surface area contributed by atoms with Crippen LogP contribution in [0.5, 0.6) is 5.75 Å². The number of hydrogen-bond donors (Lipinski definition) is 3. The minimum absolute atomic E-state index is 0.00197. The molecule has 3 aliphatic carbocycles. The third-order valence-electron chi connectivity index (χ3n) is 5.60. The zero-order valence-corrected chi connectivity index (χ0v) is 17.6. The molecule has 30 heavy (non-hydrogen) atoms. The molecule has 2 aromatic rings. The number of nitrogens with zero attached hydrogens (tertiary/aromatic N) is 1. The Bertz CT molecular complexity index is 928. The fourth-order valence-electron chi connectivity index (χ4n) is 4.45. The first-order valence-corrected chi connectivity index (χ1v) is 10.4. The fourth-order valence-corrected chi connectivity index (χ4v) is 4.57. The van der Waals surface area contributed by atoms with Gasteiger partial charge < -0.3 is 19.7 Å². The van der Waals surface area contributed by atoms with Gasteiger partial charge in [-0.2, -0.15) is 0 Å². The number of rotatable bonds is 9. The van der Waals surface area contributed by atoms with E-state index in [1.165, 1.54) is 12.1 Å². The minimum atomic E-state index is -0.935. The van der Waals surface area contributed by atoms with Crippen molar-refractivity contribution in [1.82, 2.24) is 15.8 Å². The fraction of sp³-hybridized carbons (Fsp3) is 0.524. The van der Waals surface area contributed by atoms with Gasteiger partial charge in [0.1, 0.15) is 11.6 Å². The third kappa shape index (κ3) is 4.31. The van der Waals surface area contributed by atoms with Gasteiger partial charge in [0.05, 0.1) is 10.7 Å². The molecule has 3 saturated carbocycles. The molecule has 0 saturated heterocycles. The highest BCUT2D eigenvalue weighted by molar-refractivity contribution is 6.30. The Morgan fingerprint density at radius 1 is 1.33 bits per heavy atom. The van der Waals surface area contributed by atoms with Crippen molar-refractivity contribution in [2.75, 3.05) is 6.61 Å². The van der Waals surface area contributed by atoms with Crippen LogP contribution in [0.4, 0.5) is 4.39 Å². The van der Waals surface area contributed by atoms with Gasteiger partial charge in [0.25, 0.3) is 5.91 Å². The first kappa shape index (κ1) is 21.1. The SMILES string of the molecule is CC(C)Cc1cc(C(O)NC23CC(NC(=O)COc4ccc(Cl)c(F)c4)(C2)C3)on1. The number of carbonyl (C=O) groups is 1. The molecule has 0 aliphatic heterocycles. The van der Waals surface area contributed by atoms with E-state index in [0.717, 1.165) is 18.2 Å². The van der Waals surface area contributed by atoms with Crippen molar-refractivity contribution in [2.24, 2.45) is 5.92 Å². The number of nitrogens with one attached hydrogen (secondary N) is 2. The molecule has 3 N–H and O–H groups in total. The van der Waals surface area contributed by atoms with Crippen LogP contribution in [0.1, 0.15) is 50.8 Å². The highest BCUT2D eigenvalue weighted by Gasteiger charge is 2.69. The molecule has 9 heteroatoms. The topological polar surface area (TPSA) is 96.6 Å². The van der Waals surface area contributed by atoms with Crippen molar-refractivity contribution >= 4 is 17.5 Å². The number of halogens is 2. The van der Waals surface area contributed by atoms with Crippen LogP contribution in [0.3, 0.4) is 0 Å². The summed E-state index contributed by atoms with van der Waals surface area (Å²) in [5.74, 6) is 0.236. The van der Waals surface area contributed by atoms with E-state index in [9.17, 15) is 14.3 Å². The average molecular weight is 438 g/mol. The molecule has 1 amide bonds. The molecule has 162 valence electrons. The summed E-state index contributed by atoms with van der Waals surface area (Å²) in [6, 6.07) is 5.81. The second kappa shape index (κ2) is 7.83. The van der Waals surface area contributed by atoms with E-state index >= 15 is 0 Å². The molecule has 5 rings (SSSR count). The summed E-state index contributed by atoms with van der Waals surface area (Å²) in [5.41, 5.74) is 0.336. The van der Waals surface area contributed by atoms with Gasteiger partial charge in [-0.15, -0.1) is 0 Å². The summed E-state index contributed by atoms with van der Waals surface area (Å²) < 4.78 is 24.0. The molecule has 0 radical (unpaired) electrons. The van der Waals surface area contributed by atoms with Crippen LogP contribution in [-0.4, -0.2) is 33.9 Å². The summed E-state index contributed by atoms with van der Waals surface area (Å²) in [6.45, 7) is 3.98. The van der Waals surface area contributed by atoms with Crippen molar-refractivity contribution < 1.29 is 23.6 Å². The molecule has 1 aromatic heterocycles. The zero-order chi connectivity index (χ0) is 21.5. The predicted molar refractivity (Wildman–Crippen MR) is 108 cm³/mol. The quantitative estimate of drug-likeness (QED) is 0.521. The second-order valence-corrected chi connectivity index (χ2v) is 9.28. The lowest BCUT2D eigenvalue weighted by Gasteiger charge is -2.71. The Kier molecular flexibility index (Phi) is 5.50. The van der Waals surface area contributed by atoms with Crippen LogP contribution in [0, 0.1) is 11.7 Å². The first-order valence-electron chi connectivity index (χ1n) is 9.98. The Hall–Kier alpha value is -2.16. The van der Waals surface area contributed by atoms with Crippen molar-refractivity contribution in [3.05, 3.63) is 46.6 Å². The molecule has 1 heterocycles. The molecule has 1 atom stereocenters. The van der Waals surface area contributed by atoms with Crippen LogP contribution in [0.2, 0.25) is 5.02 Å². The van der Waals surface area contributed by atoms with E-state index in [2.05, 4.69) is 29.6 Å². The Balaban J connectivity index is 1.22. The van der Waals surface area contributed by atoms with E-state index in [1.54, 1.807) is 6.07 Å². The van der Waals surface area contributed by atoms with Crippen LogP contribution in [0.25, 0.3) is 0 Å². The van der Waals surface area contributed by atoms with Crippen LogP contribution in [-0.2, 0) is 11.2 Å². The number of aromatic nitrogens is 1. The van der Waals surface area contributed by atoms with Crippen molar-refractivity contribution in [3.63, 3.8) is 0 Å². The lowest BCUT2D eigenvalue weighted by molar-refractivity contribution is -0.152. The minimum Gasteiger partial charge on any atom is -0.484 e. The largest absolute Gasteiger partial charge is 0.484 e. The number of benzene rings is 1. The lowest BCUT2D eigenvalue weighted by Crippen LogP contribution is -2.83. The maximum absolute atomic E-state index is 13.4. The van der Waals surface area contributed by atoms with Gasteiger partial charge in [0.2, 0.25) is 0 Å². The molecule has 3 aliphatic rings. The molecule has 0 spiro atoms. The standard InChI is InChI=1S/C21H25ClFN3O4/c1-12(2)5-13-6-17(30-26-13)19(28)25-21-9-20(10-21,11-21)24-18(27)8-29-14-3-4-15(22)16(23)7-14/h3-4,6-7,12,19,25,28H,5,8-11H2,1-2H3,(H,24,27). The first-order chi connectivity index (χ1) is 14.2. The molecular weight excluding hydrogens is 413 g/mol. The highest BCUT2D eigenvalue weighted by Crippen LogP contribution is 2.60. The monoisotopic (exact) mass is 437 g/mol. The highest BCUT2D eigenvalue weighted by atomic mass is 35.5. The van der Waals surface area contributed by atoms with Gasteiger partial charge in [0.15, 0.2) is 18.6 Å². The van der Waals surface area contributed by atoms with E-state index in [0.29, 0.717) is 30.9 Å². The van der Waals surface area contributed by atoms with Gasteiger partial charge in [0, 0.05) is 23.2 Å². The van der Waals surface area contributed by atoms with Gasteiger partial charge in [-0.25, -0.2) is 4.39 Å². The van der Waals surface area contributed by atoms with Crippen molar-refractivity contribution in [3.8, 4) is 5.75 Å². The van der Waals surface area contributed by atoms with E-state index in [4.69, 9.17) is 20.9 Å². The molecule has 7 nitrogen and oxygen atoms in total. The molecule has 3 fully saturated rings. The summed E-state index contributed by atoms with van der Waals surface area (Å²) >= 11 is 5.63. The second-order valence-electron chi connectivity index (χ2n) is 8.87. The normalized spacial score (nSPS) is 25.4. The van der Waals surface area contributed by atoms with Crippen LogP contribution in [0.15, 0.2) is 28.8 Å². The third-order valence-corrected chi connectivity index (χ3v) is 5.91. The Labute approximate surface area is 178 Å². The average Bonchev–Trinajstić information content (AvgIpc) is 3.07. The van der Waals surface area contributed by atoms with Crippen molar-refractivity contribution in [2.45, 2.75) is 56.8 Å². The maximum Gasteiger partial charge on any atom is 0.258 e. The number of aliphatic hydroxyl groups excluding tert-OH is 1. The predicted octanol–water partition coefficient (Wildman–Crippen LogP) is 3.12. The molecular formula is C21H25ClFN3O4.